The van der Waals surface area contributed by atoms with Crippen molar-refractivity contribution in [3.8, 4) is 0 Å². The Morgan fingerprint density at radius 1 is 0.920 bits per heavy atom. The second kappa shape index (κ2) is 7.96. The van der Waals surface area contributed by atoms with Crippen molar-refractivity contribution in [2.24, 2.45) is 0 Å². The van der Waals surface area contributed by atoms with E-state index in [9.17, 15) is 4.79 Å². The lowest BCUT2D eigenvalue weighted by atomic mass is 10.2. The van der Waals surface area contributed by atoms with Crippen molar-refractivity contribution in [2.75, 3.05) is 5.32 Å². The number of benzene rings is 2. The van der Waals surface area contributed by atoms with Gasteiger partial charge in [0.2, 0.25) is 0 Å². The van der Waals surface area contributed by atoms with Crippen LogP contribution in [0.15, 0.2) is 60.9 Å². The molecule has 0 unspecified atom stereocenters. The molecule has 0 atom stereocenters. The van der Waals surface area contributed by atoms with E-state index in [2.05, 4.69) is 20.6 Å². The first kappa shape index (κ1) is 17.2. The molecule has 25 heavy (non-hydrogen) atoms. The van der Waals surface area contributed by atoms with Crippen molar-refractivity contribution >= 4 is 40.6 Å². The molecule has 0 spiro atoms. The van der Waals surface area contributed by atoms with E-state index in [-0.39, 0.29) is 11.6 Å². The molecule has 2 N–H and O–H groups in total. The molecule has 3 rings (SSSR count). The van der Waals surface area contributed by atoms with E-state index in [0.29, 0.717) is 22.4 Å². The molecule has 0 saturated carbocycles. The summed E-state index contributed by atoms with van der Waals surface area (Å²) < 4.78 is 0. The fourth-order valence-corrected chi connectivity index (χ4v) is 2.50. The molecule has 7 heteroatoms. The summed E-state index contributed by atoms with van der Waals surface area (Å²) in [6, 6.07) is 14.6. The van der Waals surface area contributed by atoms with Crippen LogP contribution in [0.1, 0.15) is 16.1 Å². The van der Waals surface area contributed by atoms with Crippen LogP contribution in [0.5, 0.6) is 0 Å². The molecule has 0 bridgehead atoms. The van der Waals surface area contributed by atoms with Crippen molar-refractivity contribution in [2.45, 2.75) is 6.54 Å². The number of aromatic nitrogens is 2. The third kappa shape index (κ3) is 4.47. The number of hydrogen-bond acceptors (Lipinski definition) is 4. The van der Waals surface area contributed by atoms with Gasteiger partial charge in [-0.1, -0.05) is 53.5 Å². The molecular weight excluding hydrogens is 359 g/mol. The number of carbonyl (C=O) groups excluding carboxylic acids is 1. The lowest BCUT2D eigenvalue weighted by Gasteiger charge is -2.08. The number of anilines is 2. The monoisotopic (exact) mass is 372 g/mol. The van der Waals surface area contributed by atoms with Gasteiger partial charge in [0.25, 0.3) is 5.91 Å². The SMILES string of the molecule is O=C(NCc1ccccc1Cl)c1cnc(Nc2ccccc2Cl)cn1. The first-order chi connectivity index (χ1) is 12.1. The van der Waals surface area contributed by atoms with E-state index in [1.165, 1.54) is 12.4 Å². The summed E-state index contributed by atoms with van der Waals surface area (Å²) in [6.07, 6.45) is 2.88. The molecule has 126 valence electrons. The van der Waals surface area contributed by atoms with Crippen LogP contribution in [0, 0.1) is 0 Å². The van der Waals surface area contributed by atoms with Crippen molar-refractivity contribution in [1.82, 2.24) is 15.3 Å². The van der Waals surface area contributed by atoms with Crippen molar-refractivity contribution in [3.63, 3.8) is 0 Å². The van der Waals surface area contributed by atoms with Gasteiger partial charge in [0, 0.05) is 11.6 Å². The lowest BCUT2D eigenvalue weighted by molar-refractivity contribution is 0.0945. The average molecular weight is 373 g/mol. The van der Waals surface area contributed by atoms with Crippen LogP contribution in [-0.2, 0) is 6.54 Å². The normalized spacial score (nSPS) is 10.3. The van der Waals surface area contributed by atoms with Crippen LogP contribution < -0.4 is 10.6 Å². The Morgan fingerprint density at radius 2 is 1.64 bits per heavy atom. The zero-order valence-corrected chi connectivity index (χ0v) is 14.6. The van der Waals surface area contributed by atoms with Gasteiger partial charge in [0.1, 0.15) is 11.5 Å². The maximum atomic E-state index is 12.2. The molecule has 1 amide bonds. The van der Waals surface area contributed by atoms with Crippen LogP contribution in [0.25, 0.3) is 0 Å². The number of halogens is 2. The number of hydrogen-bond donors (Lipinski definition) is 2. The molecule has 3 aromatic rings. The summed E-state index contributed by atoms with van der Waals surface area (Å²) in [4.78, 5) is 20.5. The third-order valence-electron chi connectivity index (χ3n) is 3.42. The molecule has 1 aromatic heterocycles. The number of rotatable bonds is 5. The Bertz CT molecular complexity index is 884. The van der Waals surface area contributed by atoms with Crippen molar-refractivity contribution in [3.05, 3.63) is 82.2 Å². The van der Waals surface area contributed by atoms with E-state index < -0.39 is 0 Å². The summed E-state index contributed by atoms with van der Waals surface area (Å²) in [5.74, 6) is 0.174. The van der Waals surface area contributed by atoms with E-state index in [1.807, 2.05) is 36.4 Å². The van der Waals surface area contributed by atoms with Crippen LogP contribution in [-0.4, -0.2) is 15.9 Å². The molecule has 0 aliphatic rings. The topological polar surface area (TPSA) is 66.9 Å². The number of nitrogens with one attached hydrogen (secondary N) is 2. The van der Waals surface area contributed by atoms with Gasteiger partial charge in [0.15, 0.2) is 0 Å². The first-order valence-electron chi connectivity index (χ1n) is 7.48. The standard InChI is InChI=1S/C18H14Cl2N4O/c19-13-6-2-1-5-12(13)9-23-18(25)16-10-22-17(11-21-16)24-15-8-4-3-7-14(15)20/h1-8,10-11H,9H2,(H,22,24)(H,23,25). The van der Waals surface area contributed by atoms with Gasteiger partial charge in [-0.25, -0.2) is 9.97 Å². The molecule has 0 aliphatic carbocycles. The minimum atomic E-state index is -0.322. The smallest absolute Gasteiger partial charge is 0.271 e. The van der Waals surface area contributed by atoms with Crippen LogP contribution >= 0.6 is 23.2 Å². The second-order valence-corrected chi connectivity index (χ2v) is 5.98. The van der Waals surface area contributed by atoms with Crippen LogP contribution in [0.2, 0.25) is 10.0 Å². The predicted molar refractivity (Wildman–Crippen MR) is 99.4 cm³/mol. The van der Waals surface area contributed by atoms with Gasteiger partial charge < -0.3 is 10.6 Å². The summed E-state index contributed by atoms with van der Waals surface area (Å²) in [5.41, 5.74) is 1.77. The number of amides is 1. The predicted octanol–water partition coefficient (Wildman–Crippen LogP) is 4.46. The Hall–Kier alpha value is -2.63. The Balaban J connectivity index is 1.63. The van der Waals surface area contributed by atoms with Crippen molar-refractivity contribution < 1.29 is 4.79 Å². The third-order valence-corrected chi connectivity index (χ3v) is 4.12. The second-order valence-electron chi connectivity index (χ2n) is 5.17. The molecule has 0 aliphatic heterocycles. The minimum absolute atomic E-state index is 0.219. The highest BCUT2D eigenvalue weighted by atomic mass is 35.5. The van der Waals surface area contributed by atoms with Crippen LogP contribution in [0.4, 0.5) is 11.5 Å². The molecule has 0 saturated heterocycles. The average Bonchev–Trinajstić information content (AvgIpc) is 2.63. The molecule has 1 heterocycles. The van der Waals surface area contributed by atoms with Gasteiger partial charge in [-0.3, -0.25) is 4.79 Å². The fraction of sp³-hybridized carbons (Fsp3) is 0.0556. The van der Waals surface area contributed by atoms with Gasteiger partial charge in [0.05, 0.1) is 23.1 Å². The highest BCUT2D eigenvalue weighted by Gasteiger charge is 2.09. The van der Waals surface area contributed by atoms with Gasteiger partial charge >= 0.3 is 0 Å². The highest BCUT2D eigenvalue weighted by molar-refractivity contribution is 6.33. The first-order valence-corrected chi connectivity index (χ1v) is 8.24. The molecule has 0 radical (unpaired) electrons. The van der Waals surface area contributed by atoms with Crippen molar-refractivity contribution in [1.29, 1.82) is 0 Å². The maximum Gasteiger partial charge on any atom is 0.271 e. The zero-order chi connectivity index (χ0) is 17.6. The number of nitrogens with zero attached hydrogens (tertiary/aromatic N) is 2. The molecular formula is C18H14Cl2N4O. The van der Waals surface area contributed by atoms with E-state index in [4.69, 9.17) is 23.2 Å². The largest absolute Gasteiger partial charge is 0.347 e. The summed E-state index contributed by atoms with van der Waals surface area (Å²) in [7, 11) is 0. The van der Waals surface area contributed by atoms with E-state index in [0.717, 1.165) is 11.3 Å². The fourth-order valence-electron chi connectivity index (χ4n) is 2.12. The maximum absolute atomic E-state index is 12.2. The van der Waals surface area contributed by atoms with Gasteiger partial charge in [-0.15, -0.1) is 0 Å². The molecule has 2 aromatic carbocycles. The minimum Gasteiger partial charge on any atom is -0.347 e. The number of para-hydroxylation sites is 1. The highest BCUT2D eigenvalue weighted by Crippen LogP contribution is 2.23. The lowest BCUT2D eigenvalue weighted by Crippen LogP contribution is -2.24. The Kier molecular flexibility index (Phi) is 5.48. The quantitative estimate of drug-likeness (QED) is 0.693. The molecule has 5 nitrogen and oxygen atoms in total. The molecule has 0 fully saturated rings. The van der Waals surface area contributed by atoms with E-state index >= 15 is 0 Å². The number of carbonyl (C=O) groups is 1. The van der Waals surface area contributed by atoms with Gasteiger partial charge in [-0.2, -0.15) is 0 Å². The summed E-state index contributed by atoms with van der Waals surface area (Å²) >= 11 is 12.1. The van der Waals surface area contributed by atoms with E-state index in [1.54, 1.807) is 12.1 Å². The zero-order valence-electron chi connectivity index (χ0n) is 13.0. The Morgan fingerprint density at radius 3 is 2.32 bits per heavy atom. The van der Waals surface area contributed by atoms with Gasteiger partial charge in [-0.05, 0) is 23.8 Å². The summed E-state index contributed by atoms with van der Waals surface area (Å²) in [6.45, 7) is 0.319. The Labute approximate surface area is 155 Å². The summed E-state index contributed by atoms with van der Waals surface area (Å²) in [5, 5.41) is 7.00. The van der Waals surface area contributed by atoms with Crippen LogP contribution in [0.3, 0.4) is 0 Å².